The van der Waals surface area contributed by atoms with Gasteiger partial charge in [-0.1, -0.05) is 0 Å². The lowest BCUT2D eigenvalue weighted by Crippen LogP contribution is -2.48. The topological polar surface area (TPSA) is 118 Å². The van der Waals surface area contributed by atoms with Gasteiger partial charge in [0.25, 0.3) is 0 Å². The van der Waals surface area contributed by atoms with E-state index in [1.807, 2.05) is 0 Å². The van der Waals surface area contributed by atoms with Gasteiger partial charge in [-0.25, -0.2) is 4.39 Å². The lowest BCUT2D eigenvalue weighted by atomic mass is 10.0. The number of halogens is 1. The summed E-state index contributed by atoms with van der Waals surface area (Å²) in [4.78, 5) is 9.88. The molecule has 0 radical (unpaired) electrons. The maximum absolute atomic E-state index is 11.9. The molecule has 0 fully saturated rings. The first-order valence-corrected chi connectivity index (χ1v) is 3.41. The highest BCUT2D eigenvalue weighted by Gasteiger charge is 2.34. The number of aldehydes is 1. The third-order valence-corrected chi connectivity index (χ3v) is 1.47. The Morgan fingerprint density at radius 2 is 1.38 bits per heavy atom. The number of rotatable bonds is 5. The number of aliphatic hydroxyl groups is 5. The first kappa shape index (κ1) is 12.4. The van der Waals surface area contributed by atoms with Gasteiger partial charge in [0.15, 0.2) is 6.29 Å². The van der Waals surface area contributed by atoms with Crippen LogP contribution in [0, 0.1) is 0 Å². The molecule has 0 bridgehead atoms. The summed E-state index contributed by atoms with van der Waals surface area (Å²) in [6, 6.07) is 0. The summed E-state index contributed by atoms with van der Waals surface area (Å²) in [5, 5.41) is 43.1. The highest BCUT2D eigenvalue weighted by atomic mass is 19.1. The molecule has 1 unspecified atom stereocenters. The molecule has 78 valence electrons. The first-order chi connectivity index (χ1) is 5.91. The number of carbonyl (C=O) groups excluding carboxylic acids is 1. The zero-order chi connectivity index (χ0) is 10.6. The van der Waals surface area contributed by atoms with E-state index in [2.05, 4.69) is 0 Å². The van der Waals surface area contributed by atoms with Crippen LogP contribution < -0.4 is 0 Å². The molecule has 0 heterocycles. The van der Waals surface area contributed by atoms with E-state index in [9.17, 15) is 9.18 Å². The third kappa shape index (κ3) is 3.33. The van der Waals surface area contributed by atoms with Crippen LogP contribution >= 0.6 is 0 Å². The molecule has 0 aromatic carbocycles. The van der Waals surface area contributed by atoms with Crippen molar-refractivity contribution in [2.24, 2.45) is 0 Å². The van der Waals surface area contributed by atoms with Gasteiger partial charge in [-0.3, -0.25) is 0 Å². The summed E-state index contributed by atoms with van der Waals surface area (Å²) >= 11 is 0. The summed E-state index contributed by atoms with van der Waals surface area (Å²) in [5.74, 6) is 0. The number of aliphatic hydroxyl groups excluding tert-OH is 5. The molecular weight excluding hydrogens is 187 g/mol. The Balaban J connectivity index is 4.23. The second-order valence-electron chi connectivity index (χ2n) is 2.47. The van der Waals surface area contributed by atoms with E-state index in [4.69, 9.17) is 25.5 Å². The van der Waals surface area contributed by atoms with Gasteiger partial charge in [0.1, 0.15) is 24.4 Å². The second-order valence-corrected chi connectivity index (χ2v) is 2.47. The van der Waals surface area contributed by atoms with Crippen LogP contribution in [0.1, 0.15) is 0 Å². The van der Waals surface area contributed by atoms with Crippen LogP contribution in [0.5, 0.6) is 0 Å². The largest absolute Gasteiger partial charge is 0.387 e. The van der Waals surface area contributed by atoms with E-state index in [-0.39, 0.29) is 6.29 Å². The average Bonchev–Trinajstić information content (AvgIpc) is 2.12. The molecule has 0 aliphatic carbocycles. The molecule has 6 nitrogen and oxygen atoms in total. The molecule has 5 N–H and O–H groups in total. The number of alkyl halides is 1. The molecule has 7 heteroatoms. The highest BCUT2D eigenvalue weighted by Crippen LogP contribution is 2.07. The molecular formula is C6H11FO6. The summed E-state index contributed by atoms with van der Waals surface area (Å²) in [6.45, 7) is 0. The molecule has 0 rings (SSSR count). The van der Waals surface area contributed by atoms with E-state index in [0.717, 1.165) is 0 Å². The van der Waals surface area contributed by atoms with Crippen molar-refractivity contribution in [3.05, 3.63) is 0 Å². The second kappa shape index (κ2) is 5.20. The van der Waals surface area contributed by atoms with Gasteiger partial charge in [-0.15, -0.1) is 0 Å². The molecule has 5 atom stereocenters. The lowest BCUT2D eigenvalue weighted by molar-refractivity contribution is -0.163. The van der Waals surface area contributed by atoms with Crippen LogP contribution in [0.3, 0.4) is 0 Å². The zero-order valence-corrected chi connectivity index (χ0v) is 6.49. The van der Waals surface area contributed by atoms with Crippen LogP contribution in [-0.2, 0) is 4.79 Å². The van der Waals surface area contributed by atoms with Gasteiger partial charge in [-0.2, -0.15) is 0 Å². The predicted molar refractivity (Wildman–Crippen MR) is 37.2 cm³/mol. The van der Waals surface area contributed by atoms with Crippen LogP contribution in [0.4, 0.5) is 4.39 Å². The van der Waals surface area contributed by atoms with E-state index in [0.29, 0.717) is 0 Å². The minimum absolute atomic E-state index is 0.0920. The minimum Gasteiger partial charge on any atom is -0.387 e. The average molecular weight is 198 g/mol. The zero-order valence-electron chi connectivity index (χ0n) is 6.49. The van der Waals surface area contributed by atoms with Crippen molar-refractivity contribution in [2.45, 2.75) is 30.8 Å². The van der Waals surface area contributed by atoms with Gasteiger partial charge < -0.3 is 30.3 Å². The Bertz CT molecular complexity index is 163. The summed E-state index contributed by atoms with van der Waals surface area (Å²) in [5.41, 5.74) is 0. The van der Waals surface area contributed by atoms with Crippen molar-refractivity contribution in [2.75, 3.05) is 0 Å². The number of hydrogen-bond donors (Lipinski definition) is 5. The third-order valence-electron chi connectivity index (χ3n) is 1.47. The van der Waals surface area contributed by atoms with Gasteiger partial charge in [0.05, 0.1) is 0 Å². The Hall–Kier alpha value is -0.600. The van der Waals surface area contributed by atoms with Crippen molar-refractivity contribution in [1.29, 1.82) is 0 Å². The van der Waals surface area contributed by atoms with Crippen molar-refractivity contribution < 1.29 is 34.7 Å². The SMILES string of the molecule is O=C[C@H](O)[C@@H](O)[C@H](O)[C@H](O)C(O)F. The normalized spacial score (nSPS) is 22.9. The van der Waals surface area contributed by atoms with E-state index in [1.165, 1.54) is 0 Å². The summed E-state index contributed by atoms with van der Waals surface area (Å²) < 4.78 is 11.9. The lowest BCUT2D eigenvalue weighted by Gasteiger charge is -2.23. The van der Waals surface area contributed by atoms with Gasteiger partial charge >= 0.3 is 0 Å². The predicted octanol–water partition coefficient (Wildman–Crippen LogP) is -3.08. The Kier molecular flexibility index (Phi) is 4.96. The Morgan fingerprint density at radius 1 is 0.923 bits per heavy atom. The smallest absolute Gasteiger partial charge is 0.225 e. The standard InChI is InChI=1S/C6H11FO6/c7-6(13)5(12)4(11)3(10)2(9)1-8/h1-6,9-13H/t2-,3+,4-,5-,6?/m0/s1. The van der Waals surface area contributed by atoms with Crippen LogP contribution in [0.2, 0.25) is 0 Å². The van der Waals surface area contributed by atoms with E-state index < -0.39 is 30.8 Å². The van der Waals surface area contributed by atoms with Crippen LogP contribution in [0.15, 0.2) is 0 Å². The van der Waals surface area contributed by atoms with Gasteiger partial charge in [0.2, 0.25) is 6.36 Å². The minimum atomic E-state index is -2.76. The van der Waals surface area contributed by atoms with Gasteiger partial charge in [-0.05, 0) is 0 Å². The molecule has 0 spiro atoms. The van der Waals surface area contributed by atoms with Crippen molar-refractivity contribution >= 4 is 6.29 Å². The molecule has 0 saturated heterocycles. The van der Waals surface area contributed by atoms with Crippen molar-refractivity contribution in [3.8, 4) is 0 Å². The fourth-order valence-corrected chi connectivity index (χ4v) is 0.647. The molecule has 0 aliphatic heterocycles. The molecule has 0 aliphatic rings. The van der Waals surface area contributed by atoms with Crippen LogP contribution in [0.25, 0.3) is 0 Å². The Labute approximate surface area is 72.9 Å². The molecule has 0 aromatic heterocycles. The number of carbonyl (C=O) groups is 1. The molecule has 0 aromatic rings. The Morgan fingerprint density at radius 3 is 1.69 bits per heavy atom. The first-order valence-electron chi connectivity index (χ1n) is 3.41. The number of hydrogen-bond acceptors (Lipinski definition) is 6. The monoisotopic (exact) mass is 198 g/mol. The molecule has 0 amide bonds. The molecule has 13 heavy (non-hydrogen) atoms. The van der Waals surface area contributed by atoms with E-state index in [1.54, 1.807) is 0 Å². The maximum atomic E-state index is 11.9. The summed E-state index contributed by atoms with van der Waals surface area (Å²) in [7, 11) is 0. The molecule has 0 saturated carbocycles. The fourth-order valence-electron chi connectivity index (χ4n) is 0.647. The fraction of sp³-hybridized carbons (Fsp3) is 0.833. The van der Waals surface area contributed by atoms with Crippen LogP contribution in [-0.4, -0.2) is 62.6 Å². The highest BCUT2D eigenvalue weighted by molar-refractivity contribution is 5.56. The quantitative estimate of drug-likeness (QED) is 0.299. The van der Waals surface area contributed by atoms with E-state index >= 15 is 0 Å². The summed E-state index contributed by atoms with van der Waals surface area (Å²) in [6.07, 6.45) is -11.2. The van der Waals surface area contributed by atoms with Gasteiger partial charge in [0, 0.05) is 0 Å². The maximum Gasteiger partial charge on any atom is 0.225 e. The van der Waals surface area contributed by atoms with Crippen molar-refractivity contribution in [3.63, 3.8) is 0 Å². The van der Waals surface area contributed by atoms with Crippen molar-refractivity contribution in [1.82, 2.24) is 0 Å².